The average Bonchev–Trinajstić information content (AvgIpc) is 2.70. The molecule has 0 unspecified atom stereocenters. The van der Waals surface area contributed by atoms with Gasteiger partial charge in [0.1, 0.15) is 0 Å². The molecule has 1 amide bonds. The van der Waals surface area contributed by atoms with Crippen LogP contribution in [0.4, 0.5) is 5.69 Å². The monoisotopic (exact) mass is 407 g/mol. The number of amides is 1. The van der Waals surface area contributed by atoms with Crippen LogP contribution < -0.4 is 5.32 Å². The number of carbonyl (C=O) groups excluding carboxylic acids is 1. The highest BCUT2D eigenvalue weighted by atomic mass is 32.2. The average molecular weight is 408 g/mol. The third-order valence-corrected chi connectivity index (χ3v) is 7.00. The molecule has 1 N–H and O–H groups in total. The van der Waals surface area contributed by atoms with Crippen molar-refractivity contribution in [2.75, 3.05) is 31.6 Å². The Morgan fingerprint density at radius 3 is 2.52 bits per heavy atom. The normalized spacial score (nSPS) is 16.6. The number of sulfonamides is 1. The number of nitrogens with zero attached hydrogens (tertiary/aromatic N) is 2. The van der Waals surface area contributed by atoms with E-state index in [2.05, 4.69) is 10.3 Å². The lowest BCUT2D eigenvalue weighted by atomic mass is 10.3. The van der Waals surface area contributed by atoms with Crippen LogP contribution in [0.1, 0.15) is 6.92 Å². The van der Waals surface area contributed by atoms with Gasteiger partial charge < -0.3 is 10.1 Å². The molecule has 0 saturated carbocycles. The molecule has 0 aliphatic carbocycles. The van der Waals surface area contributed by atoms with Crippen LogP contribution in [0.15, 0.2) is 58.6 Å². The number of pyridine rings is 1. The van der Waals surface area contributed by atoms with Crippen LogP contribution >= 0.6 is 11.8 Å². The first-order valence-corrected chi connectivity index (χ1v) is 10.9. The molecule has 1 aliphatic heterocycles. The number of carbonyl (C=O) groups is 1. The molecule has 27 heavy (non-hydrogen) atoms. The summed E-state index contributed by atoms with van der Waals surface area (Å²) in [6.07, 6.45) is 1.68. The van der Waals surface area contributed by atoms with E-state index >= 15 is 0 Å². The largest absolute Gasteiger partial charge is 0.379 e. The highest BCUT2D eigenvalue weighted by molar-refractivity contribution is 8.00. The Balaban J connectivity index is 1.62. The van der Waals surface area contributed by atoms with Gasteiger partial charge in [0.05, 0.1) is 28.4 Å². The minimum absolute atomic E-state index is 0.172. The predicted octanol–water partition coefficient (Wildman–Crippen LogP) is 2.22. The van der Waals surface area contributed by atoms with Crippen molar-refractivity contribution in [2.24, 2.45) is 0 Å². The van der Waals surface area contributed by atoms with Gasteiger partial charge in [-0.25, -0.2) is 13.4 Å². The van der Waals surface area contributed by atoms with Gasteiger partial charge in [0.2, 0.25) is 15.9 Å². The molecule has 7 nitrogen and oxygen atoms in total. The molecule has 0 spiro atoms. The number of aromatic nitrogens is 1. The Morgan fingerprint density at radius 2 is 1.89 bits per heavy atom. The van der Waals surface area contributed by atoms with E-state index in [9.17, 15) is 13.2 Å². The fourth-order valence-electron chi connectivity index (χ4n) is 2.54. The second kappa shape index (κ2) is 8.83. The lowest BCUT2D eigenvalue weighted by Gasteiger charge is -2.26. The molecule has 2 aromatic rings. The van der Waals surface area contributed by atoms with Crippen molar-refractivity contribution in [3.63, 3.8) is 0 Å². The molecule has 1 fully saturated rings. The van der Waals surface area contributed by atoms with E-state index in [0.29, 0.717) is 32.0 Å². The van der Waals surface area contributed by atoms with Crippen LogP contribution in [0.3, 0.4) is 0 Å². The van der Waals surface area contributed by atoms with Gasteiger partial charge in [-0.15, -0.1) is 0 Å². The van der Waals surface area contributed by atoms with Gasteiger partial charge in [-0.3, -0.25) is 4.79 Å². The zero-order valence-corrected chi connectivity index (χ0v) is 16.5. The number of rotatable bonds is 6. The molecule has 144 valence electrons. The summed E-state index contributed by atoms with van der Waals surface area (Å²) in [5.41, 5.74) is 0.550. The van der Waals surface area contributed by atoms with E-state index in [0.717, 1.165) is 5.03 Å². The Bertz CT molecular complexity index is 867. The second-order valence-corrected chi connectivity index (χ2v) is 9.26. The van der Waals surface area contributed by atoms with Gasteiger partial charge >= 0.3 is 0 Å². The van der Waals surface area contributed by atoms with Crippen molar-refractivity contribution in [3.05, 3.63) is 48.7 Å². The van der Waals surface area contributed by atoms with Gasteiger partial charge in [-0.05, 0) is 43.3 Å². The summed E-state index contributed by atoms with van der Waals surface area (Å²) in [5.74, 6) is -0.172. The molecule has 9 heteroatoms. The summed E-state index contributed by atoms with van der Waals surface area (Å²) in [6.45, 7) is 3.30. The van der Waals surface area contributed by atoms with Crippen molar-refractivity contribution in [2.45, 2.75) is 22.1 Å². The molecule has 1 saturated heterocycles. The summed E-state index contributed by atoms with van der Waals surface area (Å²) in [4.78, 5) is 16.7. The summed E-state index contributed by atoms with van der Waals surface area (Å²) < 4.78 is 31.8. The SMILES string of the molecule is C[C@@H](Sc1ccccn1)C(=O)Nc1ccc(S(=O)(=O)N2CCOCC2)cc1. The molecule has 0 radical (unpaired) electrons. The number of morpholine rings is 1. The Kier molecular flexibility index (Phi) is 6.48. The molecule has 2 heterocycles. The summed E-state index contributed by atoms with van der Waals surface area (Å²) in [6, 6.07) is 11.8. The molecule has 3 rings (SSSR count). The fraction of sp³-hybridized carbons (Fsp3) is 0.333. The first kappa shape index (κ1) is 19.8. The number of hydrogen-bond donors (Lipinski definition) is 1. The van der Waals surface area contributed by atoms with Crippen LogP contribution in [0.25, 0.3) is 0 Å². The maximum absolute atomic E-state index is 12.6. The Labute approximate surface area is 163 Å². The van der Waals surface area contributed by atoms with Gasteiger partial charge in [0, 0.05) is 25.0 Å². The van der Waals surface area contributed by atoms with Crippen LogP contribution in [0.5, 0.6) is 0 Å². The number of nitrogens with one attached hydrogen (secondary N) is 1. The molecule has 1 aromatic heterocycles. The smallest absolute Gasteiger partial charge is 0.243 e. The predicted molar refractivity (Wildman–Crippen MR) is 104 cm³/mol. The van der Waals surface area contributed by atoms with E-state index in [-0.39, 0.29) is 16.1 Å². The number of hydrogen-bond acceptors (Lipinski definition) is 6. The first-order chi connectivity index (χ1) is 13.0. The minimum atomic E-state index is -3.54. The number of anilines is 1. The second-order valence-electron chi connectivity index (χ2n) is 5.96. The third-order valence-electron chi connectivity index (χ3n) is 4.03. The van der Waals surface area contributed by atoms with Crippen molar-refractivity contribution in [1.29, 1.82) is 0 Å². The van der Waals surface area contributed by atoms with Gasteiger partial charge in [0.25, 0.3) is 0 Å². The summed E-state index contributed by atoms with van der Waals surface area (Å²) >= 11 is 1.36. The molecule has 0 bridgehead atoms. The van der Waals surface area contributed by atoms with Crippen molar-refractivity contribution < 1.29 is 17.9 Å². The van der Waals surface area contributed by atoms with Crippen LogP contribution in [0.2, 0.25) is 0 Å². The molecular weight excluding hydrogens is 386 g/mol. The van der Waals surface area contributed by atoms with Gasteiger partial charge in [-0.1, -0.05) is 17.8 Å². The lowest BCUT2D eigenvalue weighted by Crippen LogP contribution is -2.40. The number of benzene rings is 1. The van der Waals surface area contributed by atoms with E-state index < -0.39 is 10.0 Å². The van der Waals surface area contributed by atoms with E-state index in [4.69, 9.17) is 4.74 Å². The summed E-state index contributed by atoms with van der Waals surface area (Å²) in [7, 11) is -3.54. The fourth-order valence-corrected chi connectivity index (χ4v) is 4.76. The van der Waals surface area contributed by atoms with Crippen LogP contribution in [0, 0.1) is 0 Å². The zero-order chi connectivity index (χ0) is 19.3. The highest BCUT2D eigenvalue weighted by Gasteiger charge is 2.26. The summed E-state index contributed by atoms with van der Waals surface area (Å²) in [5, 5.41) is 3.24. The standard InChI is InChI=1S/C18H21N3O4S2/c1-14(26-17-4-2-3-9-19-17)18(22)20-15-5-7-16(8-6-15)27(23,24)21-10-12-25-13-11-21/h2-9,14H,10-13H2,1H3,(H,20,22)/t14-/m1/s1. The molecule has 1 aliphatic rings. The van der Waals surface area contributed by atoms with E-state index in [1.54, 1.807) is 25.3 Å². The highest BCUT2D eigenvalue weighted by Crippen LogP contribution is 2.23. The van der Waals surface area contributed by atoms with Crippen molar-refractivity contribution in [3.8, 4) is 0 Å². The third kappa shape index (κ3) is 5.07. The molecule has 1 atom stereocenters. The van der Waals surface area contributed by atoms with Crippen LogP contribution in [-0.4, -0.2) is 55.2 Å². The molecular formula is C18H21N3O4S2. The number of thioether (sulfide) groups is 1. The molecule has 1 aromatic carbocycles. The van der Waals surface area contributed by atoms with Crippen molar-refractivity contribution in [1.82, 2.24) is 9.29 Å². The Morgan fingerprint density at radius 1 is 1.19 bits per heavy atom. The van der Waals surface area contributed by atoms with Gasteiger partial charge in [0.15, 0.2) is 0 Å². The maximum atomic E-state index is 12.6. The topological polar surface area (TPSA) is 88.6 Å². The quantitative estimate of drug-likeness (QED) is 0.739. The van der Waals surface area contributed by atoms with Gasteiger partial charge in [-0.2, -0.15) is 4.31 Å². The zero-order valence-electron chi connectivity index (χ0n) is 14.9. The first-order valence-electron chi connectivity index (χ1n) is 8.53. The lowest BCUT2D eigenvalue weighted by molar-refractivity contribution is -0.115. The minimum Gasteiger partial charge on any atom is -0.379 e. The van der Waals surface area contributed by atoms with Crippen molar-refractivity contribution >= 4 is 33.4 Å². The van der Waals surface area contributed by atoms with E-state index in [1.165, 1.54) is 28.2 Å². The number of ether oxygens (including phenoxy) is 1. The maximum Gasteiger partial charge on any atom is 0.243 e. The van der Waals surface area contributed by atoms with Crippen LogP contribution in [-0.2, 0) is 19.6 Å². The Hall–Kier alpha value is -1.94. The van der Waals surface area contributed by atoms with E-state index in [1.807, 2.05) is 18.2 Å².